The van der Waals surface area contributed by atoms with Crippen molar-refractivity contribution < 1.29 is 0 Å². The van der Waals surface area contributed by atoms with Gasteiger partial charge in [0.2, 0.25) is 0 Å². The zero-order valence-corrected chi connectivity index (χ0v) is 13.2. The fourth-order valence-electron chi connectivity index (χ4n) is 2.06. The van der Waals surface area contributed by atoms with Crippen molar-refractivity contribution in [1.82, 2.24) is 9.88 Å². The maximum atomic E-state index is 11.6. The molecule has 0 atom stereocenters. The number of benzene rings is 1. The van der Waals surface area contributed by atoms with Crippen LogP contribution in [0.2, 0.25) is 0 Å². The average molecular weight is 302 g/mol. The van der Waals surface area contributed by atoms with Crippen LogP contribution in [-0.2, 0) is 13.1 Å². The first-order valence-electron chi connectivity index (χ1n) is 7.37. The Bertz CT molecular complexity index is 609. The van der Waals surface area contributed by atoms with Gasteiger partial charge in [0.25, 0.3) is 5.56 Å². The molecule has 0 saturated carbocycles. The van der Waals surface area contributed by atoms with Gasteiger partial charge in [0.05, 0.1) is 0 Å². The van der Waals surface area contributed by atoms with Crippen molar-refractivity contribution in [3.8, 4) is 0 Å². The summed E-state index contributed by atoms with van der Waals surface area (Å²) in [6, 6.07) is 13.9. The smallest absolute Gasteiger partial charge is 0.250 e. The van der Waals surface area contributed by atoms with Crippen LogP contribution in [0.25, 0.3) is 0 Å². The fraction of sp³-hybridized carbons (Fsp3) is 0.353. The standard InChI is InChI=1S/C17H22N2OS/c1-2-9-18-14-15-6-5-7-16(13-15)21-12-11-19-10-4-3-8-17(19)20/h3-8,10,13,18H,2,9,11-12,14H2,1H3. The molecule has 112 valence electrons. The first-order chi connectivity index (χ1) is 10.3. The average Bonchev–Trinajstić information content (AvgIpc) is 2.50. The van der Waals surface area contributed by atoms with Gasteiger partial charge in [-0.05, 0) is 36.7 Å². The van der Waals surface area contributed by atoms with E-state index in [1.807, 2.05) is 12.3 Å². The van der Waals surface area contributed by atoms with Crippen LogP contribution in [0, 0.1) is 0 Å². The summed E-state index contributed by atoms with van der Waals surface area (Å²) in [5.74, 6) is 0.899. The lowest BCUT2D eigenvalue weighted by Crippen LogP contribution is -2.18. The van der Waals surface area contributed by atoms with E-state index in [9.17, 15) is 4.79 Å². The predicted octanol–water partition coefficient (Wildman–Crippen LogP) is 3.14. The summed E-state index contributed by atoms with van der Waals surface area (Å²) in [6.45, 7) is 4.88. The molecule has 0 unspecified atom stereocenters. The third-order valence-electron chi connectivity index (χ3n) is 3.15. The van der Waals surface area contributed by atoms with E-state index in [2.05, 4.69) is 36.5 Å². The molecule has 2 aromatic rings. The Kier molecular flexibility index (Phi) is 6.57. The Hall–Kier alpha value is -1.52. The minimum Gasteiger partial charge on any atom is -0.315 e. The first kappa shape index (κ1) is 15.9. The maximum Gasteiger partial charge on any atom is 0.250 e. The van der Waals surface area contributed by atoms with Crippen molar-refractivity contribution in [2.24, 2.45) is 0 Å². The molecule has 0 fully saturated rings. The van der Waals surface area contributed by atoms with E-state index >= 15 is 0 Å². The van der Waals surface area contributed by atoms with E-state index < -0.39 is 0 Å². The Morgan fingerprint density at radius 2 is 2.10 bits per heavy atom. The molecule has 1 aromatic carbocycles. The van der Waals surface area contributed by atoms with Crippen LogP contribution in [-0.4, -0.2) is 16.9 Å². The summed E-state index contributed by atoms with van der Waals surface area (Å²) in [5, 5.41) is 3.41. The highest BCUT2D eigenvalue weighted by atomic mass is 32.2. The predicted molar refractivity (Wildman–Crippen MR) is 89.9 cm³/mol. The largest absolute Gasteiger partial charge is 0.315 e. The molecular weight excluding hydrogens is 280 g/mol. The highest BCUT2D eigenvalue weighted by Gasteiger charge is 1.99. The lowest BCUT2D eigenvalue weighted by molar-refractivity contribution is 0.674. The van der Waals surface area contributed by atoms with Crippen LogP contribution in [0.4, 0.5) is 0 Å². The summed E-state index contributed by atoms with van der Waals surface area (Å²) in [6.07, 6.45) is 2.99. The van der Waals surface area contributed by atoms with Crippen molar-refractivity contribution in [1.29, 1.82) is 0 Å². The molecule has 0 amide bonds. The van der Waals surface area contributed by atoms with Gasteiger partial charge in [-0.1, -0.05) is 25.1 Å². The molecule has 0 bridgehead atoms. The molecular formula is C17H22N2OS. The number of aryl methyl sites for hydroxylation is 1. The van der Waals surface area contributed by atoms with Gasteiger partial charge in [0.1, 0.15) is 0 Å². The number of hydrogen-bond donors (Lipinski definition) is 1. The summed E-state index contributed by atoms with van der Waals surface area (Å²) in [7, 11) is 0. The van der Waals surface area contributed by atoms with Gasteiger partial charge in [0.15, 0.2) is 0 Å². The second kappa shape index (κ2) is 8.70. The molecule has 2 rings (SSSR count). The number of pyridine rings is 1. The number of nitrogens with one attached hydrogen (secondary N) is 1. The third-order valence-corrected chi connectivity index (χ3v) is 4.13. The van der Waals surface area contributed by atoms with Crippen LogP contribution in [0.3, 0.4) is 0 Å². The van der Waals surface area contributed by atoms with Crippen LogP contribution in [0.1, 0.15) is 18.9 Å². The normalized spacial score (nSPS) is 10.7. The van der Waals surface area contributed by atoms with Gasteiger partial charge in [0, 0.05) is 36.0 Å². The monoisotopic (exact) mass is 302 g/mol. The third kappa shape index (κ3) is 5.40. The van der Waals surface area contributed by atoms with Crippen molar-refractivity contribution in [3.63, 3.8) is 0 Å². The lowest BCUT2D eigenvalue weighted by Gasteiger charge is -2.07. The van der Waals surface area contributed by atoms with E-state index in [0.29, 0.717) is 0 Å². The van der Waals surface area contributed by atoms with Gasteiger partial charge in [-0.3, -0.25) is 4.79 Å². The van der Waals surface area contributed by atoms with Crippen molar-refractivity contribution in [2.75, 3.05) is 12.3 Å². The zero-order valence-electron chi connectivity index (χ0n) is 12.4. The molecule has 0 saturated heterocycles. The second-order valence-electron chi connectivity index (χ2n) is 4.90. The molecule has 1 heterocycles. The molecule has 1 N–H and O–H groups in total. The Morgan fingerprint density at radius 1 is 1.19 bits per heavy atom. The van der Waals surface area contributed by atoms with Gasteiger partial charge in [-0.2, -0.15) is 0 Å². The van der Waals surface area contributed by atoms with E-state index in [0.717, 1.165) is 31.8 Å². The minimum atomic E-state index is 0.0654. The van der Waals surface area contributed by atoms with Crippen LogP contribution < -0.4 is 10.9 Å². The summed E-state index contributed by atoms with van der Waals surface area (Å²) in [4.78, 5) is 12.9. The minimum absolute atomic E-state index is 0.0654. The Labute approximate surface area is 130 Å². The molecule has 0 spiro atoms. The highest BCUT2D eigenvalue weighted by Crippen LogP contribution is 2.19. The lowest BCUT2D eigenvalue weighted by atomic mass is 10.2. The van der Waals surface area contributed by atoms with Crippen molar-refractivity contribution >= 4 is 11.8 Å². The Morgan fingerprint density at radius 3 is 2.90 bits per heavy atom. The molecule has 3 nitrogen and oxygen atoms in total. The number of hydrogen-bond acceptors (Lipinski definition) is 3. The quantitative estimate of drug-likeness (QED) is 0.601. The van der Waals surface area contributed by atoms with Crippen molar-refractivity contribution in [2.45, 2.75) is 31.3 Å². The van der Waals surface area contributed by atoms with Crippen molar-refractivity contribution in [3.05, 3.63) is 64.6 Å². The summed E-state index contributed by atoms with van der Waals surface area (Å²) < 4.78 is 1.75. The zero-order chi connectivity index (χ0) is 14.9. The SMILES string of the molecule is CCCNCc1cccc(SCCn2ccccc2=O)c1. The molecule has 4 heteroatoms. The molecule has 0 aliphatic carbocycles. The van der Waals surface area contributed by atoms with E-state index in [1.165, 1.54) is 10.5 Å². The highest BCUT2D eigenvalue weighted by molar-refractivity contribution is 7.99. The topological polar surface area (TPSA) is 34.0 Å². The number of thioether (sulfide) groups is 1. The number of aromatic nitrogens is 1. The number of nitrogens with zero attached hydrogens (tertiary/aromatic N) is 1. The first-order valence-corrected chi connectivity index (χ1v) is 8.36. The van der Waals surface area contributed by atoms with Gasteiger partial charge in [-0.25, -0.2) is 0 Å². The van der Waals surface area contributed by atoms with Gasteiger partial charge < -0.3 is 9.88 Å². The van der Waals surface area contributed by atoms with Crippen LogP contribution >= 0.6 is 11.8 Å². The second-order valence-corrected chi connectivity index (χ2v) is 6.07. The van der Waals surface area contributed by atoms with E-state index in [-0.39, 0.29) is 5.56 Å². The Balaban J connectivity index is 1.84. The van der Waals surface area contributed by atoms with Gasteiger partial charge >= 0.3 is 0 Å². The fourth-order valence-corrected chi connectivity index (χ4v) is 3.00. The van der Waals surface area contributed by atoms with Crippen LogP contribution in [0.15, 0.2) is 58.4 Å². The molecule has 21 heavy (non-hydrogen) atoms. The van der Waals surface area contributed by atoms with Gasteiger partial charge in [-0.15, -0.1) is 11.8 Å². The number of rotatable bonds is 8. The summed E-state index contributed by atoms with van der Waals surface area (Å²) >= 11 is 1.79. The maximum absolute atomic E-state index is 11.6. The van der Waals surface area contributed by atoms with E-state index in [1.54, 1.807) is 28.5 Å². The molecule has 0 aliphatic rings. The molecule has 0 radical (unpaired) electrons. The molecule has 1 aromatic heterocycles. The van der Waals surface area contributed by atoms with Crippen LogP contribution in [0.5, 0.6) is 0 Å². The summed E-state index contributed by atoms with van der Waals surface area (Å²) in [5.41, 5.74) is 1.38. The molecule has 0 aliphatic heterocycles. The van der Waals surface area contributed by atoms with E-state index in [4.69, 9.17) is 0 Å².